The van der Waals surface area contributed by atoms with Gasteiger partial charge in [-0.2, -0.15) is 0 Å². The number of nitrogens with zero attached hydrogens (tertiary/aromatic N) is 2. The van der Waals surface area contributed by atoms with E-state index >= 15 is 0 Å². The van der Waals surface area contributed by atoms with E-state index in [2.05, 4.69) is 15.2 Å². The van der Waals surface area contributed by atoms with Crippen LogP contribution in [-0.2, 0) is 21.4 Å². The van der Waals surface area contributed by atoms with Gasteiger partial charge in [-0.3, -0.25) is 9.79 Å². The quantitative estimate of drug-likeness (QED) is 0.496. The highest BCUT2D eigenvalue weighted by molar-refractivity contribution is 7.91. The molecular weight excluding hydrogens is 350 g/mol. The standard InChI is InChI=1S/C14H23N5O3S2/c1-17-14(19-6-2-3-10(9-19)7-12(15)20)18-8-11-4-5-13(23-11)24(16,21)22/h4-5,10H,2-3,6-9H2,1H3,(H2,15,20)(H,17,18)(H2,16,21,22). The lowest BCUT2D eigenvalue weighted by molar-refractivity contribution is -0.119. The van der Waals surface area contributed by atoms with Crippen molar-refractivity contribution in [3.63, 3.8) is 0 Å². The van der Waals surface area contributed by atoms with Crippen molar-refractivity contribution >= 4 is 33.2 Å². The number of likely N-dealkylation sites (tertiary alicyclic amines) is 1. The van der Waals surface area contributed by atoms with Crippen LogP contribution in [0.15, 0.2) is 21.3 Å². The Labute approximate surface area is 146 Å². The summed E-state index contributed by atoms with van der Waals surface area (Å²) >= 11 is 1.14. The molecule has 5 N–H and O–H groups in total. The van der Waals surface area contributed by atoms with E-state index in [0.29, 0.717) is 13.0 Å². The molecule has 1 atom stereocenters. The van der Waals surface area contributed by atoms with Crippen LogP contribution < -0.4 is 16.2 Å². The number of carbonyl (C=O) groups is 1. The molecule has 0 saturated carbocycles. The van der Waals surface area contributed by atoms with Crippen LogP contribution in [-0.4, -0.2) is 45.3 Å². The molecular formula is C14H23N5O3S2. The second-order valence-electron chi connectivity index (χ2n) is 5.79. The van der Waals surface area contributed by atoms with Crippen molar-refractivity contribution in [1.29, 1.82) is 0 Å². The number of amides is 1. The predicted molar refractivity (Wildman–Crippen MR) is 94.0 cm³/mol. The van der Waals surface area contributed by atoms with Crippen LogP contribution in [0.25, 0.3) is 0 Å². The van der Waals surface area contributed by atoms with E-state index < -0.39 is 10.0 Å². The van der Waals surface area contributed by atoms with Gasteiger partial charge in [0, 0.05) is 31.4 Å². The summed E-state index contributed by atoms with van der Waals surface area (Å²) < 4.78 is 22.8. The van der Waals surface area contributed by atoms with Crippen molar-refractivity contribution in [2.24, 2.45) is 21.8 Å². The molecule has 0 aliphatic carbocycles. The van der Waals surface area contributed by atoms with Crippen LogP contribution in [0.2, 0.25) is 0 Å². The van der Waals surface area contributed by atoms with E-state index in [1.165, 1.54) is 6.07 Å². The molecule has 1 aliphatic heterocycles. The first kappa shape index (κ1) is 18.7. The van der Waals surface area contributed by atoms with Crippen LogP contribution in [0, 0.1) is 5.92 Å². The van der Waals surface area contributed by atoms with E-state index in [-0.39, 0.29) is 16.0 Å². The maximum atomic E-state index is 11.3. The smallest absolute Gasteiger partial charge is 0.247 e. The summed E-state index contributed by atoms with van der Waals surface area (Å²) in [5.41, 5.74) is 5.29. The summed E-state index contributed by atoms with van der Waals surface area (Å²) in [6.45, 7) is 2.06. The van der Waals surface area contributed by atoms with Gasteiger partial charge in [0.05, 0.1) is 6.54 Å². The molecule has 8 nitrogen and oxygen atoms in total. The minimum atomic E-state index is -3.66. The number of nitrogens with two attached hydrogens (primary N) is 2. The van der Waals surface area contributed by atoms with Gasteiger partial charge in [-0.15, -0.1) is 11.3 Å². The molecule has 0 radical (unpaired) electrons. The molecule has 2 rings (SSSR count). The molecule has 10 heteroatoms. The Balaban J connectivity index is 1.94. The van der Waals surface area contributed by atoms with Crippen molar-refractivity contribution in [1.82, 2.24) is 10.2 Å². The number of hydrogen-bond donors (Lipinski definition) is 3. The molecule has 2 heterocycles. The number of aliphatic imine (C=N–C) groups is 1. The van der Waals surface area contributed by atoms with Crippen LogP contribution in [0.1, 0.15) is 24.1 Å². The van der Waals surface area contributed by atoms with Gasteiger partial charge in [-0.05, 0) is 30.9 Å². The number of nitrogens with one attached hydrogen (secondary N) is 1. The summed E-state index contributed by atoms with van der Waals surface area (Å²) in [6, 6.07) is 3.24. The van der Waals surface area contributed by atoms with Crippen LogP contribution in [0.3, 0.4) is 0 Å². The average Bonchev–Trinajstić information content (AvgIpc) is 2.97. The van der Waals surface area contributed by atoms with Crippen molar-refractivity contribution in [3.05, 3.63) is 17.0 Å². The minimum absolute atomic E-state index is 0.147. The number of primary sulfonamides is 1. The second-order valence-corrected chi connectivity index (χ2v) is 8.75. The average molecular weight is 374 g/mol. The summed E-state index contributed by atoms with van der Waals surface area (Å²) in [5.74, 6) is 0.694. The summed E-state index contributed by atoms with van der Waals surface area (Å²) in [7, 11) is -1.96. The van der Waals surface area contributed by atoms with Crippen molar-refractivity contribution in [2.75, 3.05) is 20.1 Å². The number of primary amides is 1. The Kier molecular flexibility index (Phi) is 6.19. The number of piperidine rings is 1. The van der Waals surface area contributed by atoms with Crippen molar-refractivity contribution < 1.29 is 13.2 Å². The highest BCUT2D eigenvalue weighted by Gasteiger charge is 2.23. The van der Waals surface area contributed by atoms with Gasteiger partial charge < -0.3 is 16.0 Å². The number of carbonyl (C=O) groups excluding carboxylic acids is 1. The molecule has 24 heavy (non-hydrogen) atoms. The molecule has 0 aromatic carbocycles. The third-order valence-corrected chi connectivity index (χ3v) is 6.38. The first-order valence-corrected chi connectivity index (χ1v) is 10.0. The minimum Gasteiger partial charge on any atom is -0.370 e. The Hall–Kier alpha value is -1.65. The normalized spacial score (nSPS) is 19.3. The predicted octanol–water partition coefficient (Wildman–Crippen LogP) is 0.0583. The van der Waals surface area contributed by atoms with E-state index in [0.717, 1.165) is 48.1 Å². The van der Waals surface area contributed by atoms with Gasteiger partial charge in [-0.1, -0.05) is 0 Å². The Morgan fingerprint density at radius 3 is 2.83 bits per heavy atom. The zero-order valence-electron chi connectivity index (χ0n) is 13.6. The van der Waals surface area contributed by atoms with Gasteiger partial charge in [0.2, 0.25) is 15.9 Å². The van der Waals surface area contributed by atoms with Gasteiger partial charge in [-0.25, -0.2) is 13.6 Å². The Morgan fingerprint density at radius 1 is 1.50 bits per heavy atom. The Morgan fingerprint density at radius 2 is 2.25 bits per heavy atom. The fourth-order valence-electron chi connectivity index (χ4n) is 2.81. The van der Waals surface area contributed by atoms with E-state index in [4.69, 9.17) is 10.9 Å². The molecule has 1 aliphatic rings. The van der Waals surface area contributed by atoms with Crippen LogP contribution in [0.4, 0.5) is 0 Å². The molecule has 0 bridgehead atoms. The summed E-state index contributed by atoms with van der Waals surface area (Å²) in [4.78, 5) is 18.3. The molecule has 1 unspecified atom stereocenters. The maximum Gasteiger partial charge on any atom is 0.247 e. The second kappa shape index (κ2) is 7.95. The third kappa shape index (κ3) is 5.18. The van der Waals surface area contributed by atoms with Gasteiger partial charge in [0.25, 0.3) is 0 Å². The van der Waals surface area contributed by atoms with Crippen LogP contribution >= 0.6 is 11.3 Å². The van der Waals surface area contributed by atoms with E-state index in [1.807, 2.05) is 0 Å². The molecule has 1 aromatic heterocycles. The first-order chi connectivity index (χ1) is 11.3. The van der Waals surface area contributed by atoms with E-state index in [1.54, 1.807) is 13.1 Å². The number of guanidine groups is 1. The molecule has 134 valence electrons. The summed E-state index contributed by atoms with van der Waals surface area (Å²) in [5, 5.41) is 8.35. The monoisotopic (exact) mass is 373 g/mol. The Bertz CT molecular complexity index is 714. The number of hydrogen-bond acceptors (Lipinski definition) is 5. The highest BCUT2D eigenvalue weighted by atomic mass is 32.2. The van der Waals surface area contributed by atoms with Gasteiger partial charge in [0.15, 0.2) is 5.96 Å². The molecule has 1 aromatic rings. The number of rotatable bonds is 5. The maximum absolute atomic E-state index is 11.3. The molecule has 1 amide bonds. The number of thiophene rings is 1. The zero-order chi connectivity index (χ0) is 17.7. The molecule has 1 fully saturated rings. The van der Waals surface area contributed by atoms with Crippen LogP contribution in [0.5, 0.6) is 0 Å². The lowest BCUT2D eigenvalue weighted by Gasteiger charge is -2.34. The number of sulfonamides is 1. The van der Waals surface area contributed by atoms with Crippen molar-refractivity contribution in [3.8, 4) is 0 Å². The topological polar surface area (TPSA) is 131 Å². The third-order valence-electron chi connectivity index (χ3n) is 3.86. The summed E-state index contributed by atoms with van der Waals surface area (Å²) in [6.07, 6.45) is 2.35. The van der Waals surface area contributed by atoms with Crippen molar-refractivity contribution in [2.45, 2.75) is 30.0 Å². The fraction of sp³-hybridized carbons (Fsp3) is 0.571. The zero-order valence-corrected chi connectivity index (χ0v) is 15.2. The lowest BCUT2D eigenvalue weighted by Crippen LogP contribution is -2.46. The fourth-order valence-corrected chi connectivity index (χ4v) is 4.53. The van der Waals surface area contributed by atoms with Gasteiger partial charge >= 0.3 is 0 Å². The highest BCUT2D eigenvalue weighted by Crippen LogP contribution is 2.21. The largest absolute Gasteiger partial charge is 0.370 e. The molecule has 1 saturated heterocycles. The lowest BCUT2D eigenvalue weighted by atomic mass is 9.95. The SMILES string of the molecule is CN=C(NCc1ccc(S(N)(=O)=O)s1)N1CCCC(CC(N)=O)C1. The molecule has 0 spiro atoms. The van der Waals surface area contributed by atoms with E-state index in [9.17, 15) is 13.2 Å². The first-order valence-electron chi connectivity index (χ1n) is 7.65. The van der Waals surface area contributed by atoms with Gasteiger partial charge in [0.1, 0.15) is 4.21 Å².